The van der Waals surface area contributed by atoms with Crippen LogP contribution in [-0.4, -0.2) is 12.6 Å². The summed E-state index contributed by atoms with van der Waals surface area (Å²) < 4.78 is 0. The molecule has 0 aliphatic carbocycles. The fourth-order valence-corrected chi connectivity index (χ4v) is 2.40. The van der Waals surface area contributed by atoms with E-state index in [0.717, 1.165) is 25.8 Å². The van der Waals surface area contributed by atoms with Crippen LogP contribution in [0.25, 0.3) is 5.57 Å². The number of rotatable bonds is 4. The lowest BCUT2D eigenvalue weighted by Gasteiger charge is -2.24. The Labute approximate surface area is 109 Å². The van der Waals surface area contributed by atoms with Gasteiger partial charge in [0, 0.05) is 19.0 Å². The smallest absolute Gasteiger partial charge is 0.0621 e. The van der Waals surface area contributed by atoms with Crippen molar-refractivity contribution >= 4 is 5.57 Å². The van der Waals surface area contributed by atoms with Gasteiger partial charge in [-0.3, -0.25) is 0 Å². The van der Waals surface area contributed by atoms with Crippen molar-refractivity contribution in [2.45, 2.75) is 38.6 Å². The van der Waals surface area contributed by atoms with Crippen molar-refractivity contribution in [3.8, 4) is 6.07 Å². The number of nitrogens with zero attached hydrogens (tertiary/aromatic N) is 1. The van der Waals surface area contributed by atoms with Gasteiger partial charge in [-0.05, 0) is 37.3 Å². The Balaban J connectivity index is 1.96. The van der Waals surface area contributed by atoms with Gasteiger partial charge in [0.1, 0.15) is 0 Å². The Morgan fingerprint density at radius 2 is 2.11 bits per heavy atom. The maximum absolute atomic E-state index is 8.57. The summed E-state index contributed by atoms with van der Waals surface area (Å²) in [5.41, 5.74) is 4.09. The van der Waals surface area contributed by atoms with Crippen LogP contribution in [0.3, 0.4) is 0 Å². The van der Waals surface area contributed by atoms with Crippen molar-refractivity contribution in [1.29, 1.82) is 5.26 Å². The number of hydrogen-bond donors (Lipinski definition) is 1. The predicted molar refractivity (Wildman–Crippen MR) is 75.0 cm³/mol. The molecule has 2 nitrogen and oxygen atoms in total. The largest absolute Gasteiger partial charge is 0.310 e. The van der Waals surface area contributed by atoms with E-state index in [-0.39, 0.29) is 0 Å². The van der Waals surface area contributed by atoms with E-state index in [4.69, 9.17) is 5.26 Å². The summed E-state index contributed by atoms with van der Waals surface area (Å²) in [4.78, 5) is 0. The summed E-state index contributed by atoms with van der Waals surface area (Å²) in [6.45, 7) is 3.06. The zero-order valence-corrected chi connectivity index (χ0v) is 10.9. The zero-order chi connectivity index (χ0) is 12.8. The number of aryl methyl sites for hydroxylation is 1. The molecule has 94 valence electrons. The molecule has 1 aromatic carbocycles. The molecule has 1 N–H and O–H groups in total. The van der Waals surface area contributed by atoms with Gasteiger partial charge in [0.15, 0.2) is 0 Å². The lowest BCUT2D eigenvalue weighted by molar-refractivity contribution is 0.488. The second-order valence-electron chi connectivity index (χ2n) is 4.96. The third-order valence-electron chi connectivity index (χ3n) is 3.48. The van der Waals surface area contributed by atoms with Crippen LogP contribution in [0.1, 0.15) is 36.8 Å². The van der Waals surface area contributed by atoms with E-state index < -0.39 is 0 Å². The molecule has 1 aliphatic heterocycles. The third kappa shape index (κ3) is 3.45. The van der Waals surface area contributed by atoms with Gasteiger partial charge in [-0.15, -0.1) is 0 Å². The molecule has 1 aliphatic rings. The molecule has 1 aromatic rings. The molecular formula is C16H20N2. The van der Waals surface area contributed by atoms with Crippen LogP contribution in [0.5, 0.6) is 0 Å². The van der Waals surface area contributed by atoms with E-state index in [1.165, 1.54) is 16.7 Å². The minimum atomic E-state index is 0.527. The fourth-order valence-electron chi connectivity index (χ4n) is 2.40. The number of nitriles is 1. The zero-order valence-electron chi connectivity index (χ0n) is 10.9. The van der Waals surface area contributed by atoms with Crippen LogP contribution in [0.15, 0.2) is 30.3 Å². The van der Waals surface area contributed by atoms with Crippen molar-refractivity contribution in [2.24, 2.45) is 0 Å². The molecule has 2 rings (SSSR count). The SMILES string of the molecule is Cc1ccc(C2=CCNC(CCCC#N)C2)cc1. The van der Waals surface area contributed by atoms with E-state index in [2.05, 4.69) is 48.7 Å². The van der Waals surface area contributed by atoms with Gasteiger partial charge >= 0.3 is 0 Å². The molecular weight excluding hydrogens is 220 g/mol. The quantitative estimate of drug-likeness (QED) is 0.818. The Kier molecular flexibility index (Phi) is 4.55. The predicted octanol–water partition coefficient (Wildman–Crippen LogP) is 3.43. The molecule has 0 saturated heterocycles. The first-order valence-corrected chi connectivity index (χ1v) is 6.66. The molecule has 18 heavy (non-hydrogen) atoms. The molecule has 0 radical (unpaired) electrons. The van der Waals surface area contributed by atoms with Gasteiger partial charge in [0.25, 0.3) is 0 Å². The van der Waals surface area contributed by atoms with Gasteiger partial charge in [-0.25, -0.2) is 0 Å². The van der Waals surface area contributed by atoms with E-state index in [1.807, 2.05) is 0 Å². The Bertz CT molecular complexity index is 451. The first kappa shape index (κ1) is 12.9. The third-order valence-corrected chi connectivity index (χ3v) is 3.48. The Morgan fingerprint density at radius 1 is 1.33 bits per heavy atom. The Hall–Kier alpha value is -1.59. The normalized spacial score (nSPS) is 19.1. The highest BCUT2D eigenvalue weighted by Gasteiger charge is 2.15. The Morgan fingerprint density at radius 3 is 2.83 bits per heavy atom. The van der Waals surface area contributed by atoms with Crippen molar-refractivity contribution < 1.29 is 0 Å². The lowest BCUT2D eigenvalue weighted by Crippen LogP contribution is -2.32. The van der Waals surface area contributed by atoms with Crippen LogP contribution >= 0.6 is 0 Å². The first-order chi connectivity index (χ1) is 8.79. The molecule has 1 heterocycles. The molecule has 1 atom stereocenters. The standard InChI is InChI=1S/C16H20N2/c1-13-5-7-14(8-6-13)15-9-11-18-16(12-15)4-2-3-10-17/h5-9,16,18H,2-4,11-12H2,1H3. The molecule has 2 heteroatoms. The van der Waals surface area contributed by atoms with Crippen molar-refractivity contribution in [3.05, 3.63) is 41.5 Å². The highest BCUT2D eigenvalue weighted by atomic mass is 14.9. The van der Waals surface area contributed by atoms with Gasteiger partial charge in [0.05, 0.1) is 6.07 Å². The summed E-state index contributed by atoms with van der Waals surface area (Å²) in [6, 6.07) is 11.5. The number of nitrogens with one attached hydrogen (secondary N) is 1. The van der Waals surface area contributed by atoms with E-state index >= 15 is 0 Å². The van der Waals surface area contributed by atoms with Crippen molar-refractivity contribution in [1.82, 2.24) is 5.32 Å². The van der Waals surface area contributed by atoms with Gasteiger partial charge < -0.3 is 5.32 Å². The number of hydrogen-bond acceptors (Lipinski definition) is 2. The summed E-state index contributed by atoms with van der Waals surface area (Å²) in [5, 5.41) is 12.1. The highest BCUT2D eigenvalue weighted by Crippen LogP contribution is 2.24. The maximum atomic E-state index is 8.57. The second-order valence-corrected chi connectivity index (χ2v) is 4.96. The van der Waals surface area contributed by atoms with E-state index in [0.29, 0.717) is 12.5 Å². The lowest BCUT2D eigenvalue weighted by atomic mass is 9.92. The van der Waals surface area contributed by atoms with Gasteiger partial charge in [-0.1, -0.05) is 35.9 Å². The maximum Gasteiger partial charge on any atom is 0.0621 e. The molecule has 0 amide bonds. The van der Waals surface area contributed by atoms with Crippen LogP contribution < -0.4 is 5.32 Å². The van der Waals surface area contributed by atoms with Crippen LogP contribution in [0.2, 0.25) is 0 Å². The molecule has 0 aromatic heterocycles. The molecule has 0 saturated carbocycles. The van der Waals surface area contributed by atoms with Crippen LogP contribution in [-0.2, 0) is 0 Å². The first-order valence-electron chi connectivity index (χ1n) is 6.66. The summed E-state index contributed by atoms with van der Waals surface area (Å²) in [5.74, 6) is 0. The van der Waals surface area contributed by atoms with Gasteiger partial charge in [0.2, 0.25) is 0 Å². The highest BCUT2D eigenvalue weighted by molar-refractivity contribution is 5.67. The van der Waals surface area contributed by atoms with Crippen LogP contribution in [0.4, 0.5) is 0 Å². The molecule has 0 bridgehead atoms. The van der Waals surface area contributed by atoms with E-state index in [1.54, 1.807) is 0 Å². The van der Waals surface area contributed by atoms with Crippen molar-refractivity contribution in [3.63, 3.8) is 0 Å². The second kappa shape index (κ2) is 6.37. The minimum absolute atomic E-state index is 0.527. The minimum Gasteiger partial charge on any atom is -0.310 e. The van der Waals surface area contributed by atoms with Crippen LogP contribution in [0, 0.1) is 18.3 Å². The number of benzene rings is 1. The molecule has 1 unspecified atom stereocenters. The fraction of sp³-hybridized carbons (Fsp3) is 0.438. The summed E-state index contributed by atoms with van der Waals surface area (Å²) >= 11 is 0. The van der Waals surface area contributed by atoms with Gasteiger partial charge in [-0.2, -0.15) is 5.26 Å². The molecule has 0 spiro atoms. The topological polar surface area (TPSA) is 35.8 Å². The molecule has 0 fully saturated rings. The average Bonchev–Trinajstić information content (AvgIpc) is 2.40. The monoisotopic (exact) mass is 240 g/mol. The number of unbranched alkanes of at least 4 members (excludes halogenated alkanes) is 1. The van der Waals surface area contributed by atoms with E-state index in [9.17, 15) is 0 Å². The van der Waals surface area contributed by atoms with Crippen molar-refractivity contribution in [2.75, 3.05) is 6.54 Å². The summed E-state index contributed by atoms with van der Waals surface area (Å²) in [6.07, 6.45) is 6.12. The average molecular weight is 240 g/mol. The summed E-state index contributed by atoms with van der Waals surface area (Å²) in [7, 11) is 0.